The highest BCUT2D eigenvalue weighted by molar-refractivity contribution is 6.30. The van der Waals surface area contributed by atoms with Gasteiger partial charge in [0.2, 0.25) is 5.91 Å². The van der Waals surface area contributed by atoms with E-state index < -0.39 is 16.8 Å². The molecule has 136 valence electrons. The molecule has 2 aliphatic rings. The lowest BCUT2D eigenvalue weighted by molar-refractivity contribution is -0.152. The summed E-state index contributed by atoms with van der Waals surface area (Å²) in [4.78, 5) is 26.9. The number of hydrogen-bond acceptors (Lipinski definition) is 3. The van der Waals surface area contributed by atoms with Gasteiger partial charge in [0.25, 0.3) is 0 Å². The molecule has 1 aromatic rings. The molecule has 1 aliphatic carbocycles. The number of likely N-dealkylation sites (tertiary alicyclic amines) is 1. The molecule has 1 N–H and O–H groups in total. The van der Waals surface area contributed by atoms with Gasteiger partial charge in [0.15, 0.2) is 0 Å². The van der Waals surface area contributed by atoms with Crippen LogP contribution in [0.1, 0.15) is 37.7 Å². The number of carboxylic acid groups (broad SMARTS) is 1. The molecule has 0 aromatic heterocycles. The van der Waals surface area contributed by atoms with E-state index in [4.69, 9.17) is 16.3 Å². The van der Waals surface area contributed by atoms with Crippen molar-refractivity contribution < 1.29 is 19.4 Å². The Morgan fingerprint density at radius 3 is 2.60 bits per heavy atom. The molecule has 0 bridgehead atoms. The molecule has 1 amide bonds. The minimum absolute atomic E-state index is 0.0338. The maximum Gasteiger partial charge on any atom is 0.313 e. The number of ether oxygens (including phenoxy) is 1. The summed E-state index contributed by atoms with van der Waals surface area (Å²) >= 11 is 6.16. The van der Waals surface area contributed by atoms with E-state index in [0.717, 1.165) is 31.2 Å². The van der Waals surface area contributed by atoms with Crippen LogP contribution in [0.3, 0.4) is 0 Å². The molecule has 1 saturated carbocycles. The van der Waals surface area contributed by atoms with Gasteiger partial charge >= 0.3 is 5.97 Å². The zero-order valence-electron chi connectivity index (χ0n) is 14.5. The van der Waals surface area contributed by atoms with Gasteiger partial charge in [-0.25, -0.2) is 0 Å². The second-order valence-corrected chi connectivity index (χ2v) is 7.73. The minimum Gasteiger partial charge on any atom is -0.481 e. The van der Waals surface area contributed by atoms with Crippen molar-refractivity contribution in [3.63, 3.8) is 0 Å². The van der Waals surface area contributed by atoms with Gasteiger partial charge in [-0.1, -0.05) is 36.6 Å². The van der Waals surface area contributed by atoms with Crippen molar-refractivity contribution in [2.45, 2.75) is 37.5 Å². The van der Waals surface area contributed by atoms with Gasteiger partial charge in [-0.3, -0.25) is 9.59 Å². The smallest absolute Gasteiger partial charge is 0.313 e. The van der Waals surface area contributed by atoms with E-state index >= 15 is 0 Å². The number of methoxy groups -OCH3 is 1. The molecule has 0 spiro atoms. The van der Waals surface area contributed by atoms with Crippen LogP contribution in [-0.4, -0.2) is 48.7 Å². The summed E-state index contributed by atoms with van der Waals surface area (Å²) in [6.45, 7) is 0.782. The van der Waals surface area contributed by atoms with Crippen molar-refractivity contribution in [1.82, 2.24) is 4.90 Å². The average molecular weight is 366 g/mol. The van der Waals surface area contributed by atoms with E-state index in [1.807, 2.05) is 24.3 Å². The van der Waals surface area contributed by atoms with E-state index in [2.05, 4.69) is 0 Å². The third-order valence-electron chi connectivity index (χ3n) is 5.76. The summed E-state index contributed by atoms with van der Waals surface area (Å²) < 4.78 is 5.13. The van der Waals surface area contributed by atoms with Crippen LogP contribution in [0.2, 0.25) is 5.02 Å². The maximum atomic E-state index is 13.4. The lowest BCUT2D eigenvalue weighted by Crippen LogP contribution is -2.47. The number of hydrogen-bond donors (Lipinski definition) is 1. The van der Waals surface area contributed by atoms with Crippen molar-refractivity contribution >= 4 is 23.5 Å². The topological polar surface area (TPSA) is 66.8 Å². The van der Waals surface area contributed by atoms with E-state index in [1.165, 1.54) is 7.11 Å². The Morgan fingerprint density at radius 2 is 2.00 bits per heavy atom. The van der Waals surface area contributed by atoms with E-state index in [1.54, 1.807) is 4.90 Å². The quantitative estimate of drug-likeness (QED) is 0.870. The van der Waals surface area contributed by atoms with Crippen LogP contribution in [0.5, 0.6) is 0 Å². The largest absolute Gasteiger partial charge is 0.481 e. The number of aliphatic carboxylic acids is 1. The van der Waals surface area contributed by atoms with Crippen molar-refractivity contribution in [2.24, 2.45) is 5.41 Å². The van der Waals surface area contributed by atoms with Gasteiger partial charge in [-0.15, -0.1) is 0 Å². The second-order valence-electron chi connectivity index (χ2n) is 7.29. The van der Waals surface area contributed by atoms with Gasteiger partial charge in [0, 0.05) is 25.2 Å². The predicted molar refractivity (Wildman–Crippen MR) is 94.7 cm³/mol. The molecule has 6 heteroatoms. The molecule has 1 heterocycles. The zero-order valence-corrected chi connectivity index (χ0v) is 15.2. The Morgan fingerprint density at radius 1 is 1.28 bits per heavy atom. The first-order valence-electron chi connectivity index (χ1n) is 8.71. The third kappa shape index (κ3) is 3.15. The Bertz CT molecular complexity index is 671. The third-order valence-corrected chi connectivity index (χ3v) is 5.99. The monoisotopic (exact) mass is 365 g/mol. The highest BCUT2D eigenvalue weighted by Crippen LogP contribution is 2.45. The number of benzene rings is 1. The molecule has 3 rings (SSSR count). The summed E-state index contributed by atoms with van der Waals surface area (Å²) in [5.41, 5.74) is -0.632. The fraction of sp³-hybridized carbons (Fsp3) is 0.579. The van der Waals surface area contributed by atoms with E-state index in [9.17, 15) is 14.7 Å². The molecule has 1 saturated heterocycles. The SMILES string of the molecule is COCC1(C(=O)O)CCN(C(=O)C2(c3cccc(Cl)c3)CCCC2)C1. The van der Waals surface area contributed by atoms with Gasteiger partial charge in [-0.05, 0) is 37.0 Å². The van der Waals surface area contributed by atoms with Gasteiger partial charge in [0.05, 0.1) is 12.0 Å². The highest BCUT2D eigenvalue weighted by Gasteiger charge is 2.51. The number of carbonyl (C=O) groups is 2. The average Bonchev–Trinajstić information content (AvgIpc) is 3.23. The molecule has 1 unspecified atom stereocenters. The van der Waals surface area contributed by atoms with Crippen molar-refractivity contribution in [1.29, 1.82) is 0 Å². The minimum atomic E-state index is -1.00. The molecule has 1 atom stereocenters. The van der Waals surface area contributed by atoms with Gasteiger partial charge in [0.1, 0.15) is 5.41 Å². The number of carboxylic acids is 1. The van der Waals surface area contributed by atoms with Crippen molar-refractivity contribution in [2.75, 3.05) is 26.8 Å². The Balaban J connectivity index is 1.89. The molecule has 1 aliphatic heterocycles. The summed E-state index contributed by atoms with van der Waals surface area (Å²) in [6.07, 6.45) is 3.98. The Labute approximate surface area is 152 Å². The number of carbonyl (C=O) groups excluding carboxylic acids is 1. The lowest BCUT2D eigenvalue weighted by atomic mass is 9.77. The molecular formula is C19H24ClNO4. The van der Waals surface area contributed by atoms with Gasteiger partial charge in [-0.2, -0.15) is 0 Å². The summed E-state index contributed by atoms with van der Waals surface area (Å²) in [5.74, 6) is -0.862. The van der Waals surface area contributed by atoms with Crippen LogP contribution >= 0.6 is 11.6 Å². The molecule has 0 radical (unpaired) electrons. The fourth-order valence-electron chi connectivity index (χ4n) is 4.37. The van der Waals surface area contributed by atoms with E-state index in [-0.39, 0.29) is 19.1 Å². The van der Waals surface area contributed by atoms with Crippen molar-refractivity contribution in [3.8, 4) is 0 Å². The molecular weight excluding hydrogens is 342 g/mol. The predicted octanol–water partition coefficient (Wildman–Crippen LogP) is 3.10. The summed E-state index contributed by atoms with van der Waals surface area (Å²) in [6, 6.07) is 7.52. The number of halogens is 1. The normalized spacial score (nSPS) is 25.3. The molecule has 2 fully saturated rings. The lowest BCUT2D eigenvalue weighted by Gasteiger charge is -2.34. The first kappa shape index (κ1) is 18.2. The van der Waals surface area contributed by atoms with Crippen LogP contribution < -0.4 is 0 Å². The summed E-state index contributed by atoms with van der Waals surface area (Å²) in [7, 11) is 1.50. The van der Waals surface area contributed by atoms with Crippen LogP contribution in [0.15, 0.2) is 24.3 Å². The number of amides is 1. The standard InChI is InChI=1S/C19H24ClNO4/c1-25-13-18(17(23)24)9-10-21(12-18)16(22)19(7-2-3-8-19)14-5-4-6-15(20)11-14/h4-6,11H,2-3,7-10,12-13H2,1H3,(H,23,24). The zero-order chi connectivity index (χ0) is 18.1. The molecule has 1 aromatic carbocycles. The first-order chi connectivity index (χ1) is 11.9. The van der Waals surface area contributed by atoms with E-state index in [0.29, 0.717) is 18.0 Å². The fourth-order valence-corrected chi connectivity index (χ4v) is 4.56. The second kappa shape index (κ2) is 6.96. The van der Waals surface area contributed by atoms with Crippen LogP contribution in [0, 0.1) is 5.41 Å². The Kier molecular flexibility index (Phi) is 5.07. The number of nitrogens with zero attached hydrogens (tertiary/aromatic N) is 1. The van der Waals surface area contributed by atoms with Gasteiger partial charge < -0.3 is 14.7 Å². The van der Waals surface area contributed by atoms with Crippen LogP contribution in [-0.2, 0) is 19.7 Å². The first-order valence-corrected chi connectivity index (χ1v) is 9.09. The number of rotatable bonds is 5. The Hall–Kier alpha value is -1.59. The van der Waals surface area contributed by atoms with Crippen LogP contribution in [0.4, 0.5) is 0 Å². The summed E-state index contributed by atoms with van der Waals surface area (Å²) in [5, 5.41) is 10.3. The van der Waals surface area contributed by atoms with Crippen molar-refractivity contribution in [3.05, 3.63) is 34.9 Å². The highest BCUT2D eigenvalue weighted by atomic mass is 35.5. The maximum absolute atomic E-state index is 13.4. The van der Waals surface area contributed by atoms with Crippen LogP contribution in [0.25, 0.3) is 0 Å². The molecule has 5 nitrogen and oxygen atoms in total. The molecule has 25 heavy (non-hydrogen) atoms.